The molecule has 12 heteroatoms. The normalized spacial score (nSPS) is 14.0. The number of nitrogens with zero attached hydrogens (tertiary/aromatic N) is 2. The van der Waals surface area contributed by atoms with Gasteiger partial charge in [0.25, 0.3) is 5.91 Å². The zero-order valence-electron chi connectivity index (χ0n) is 25.9. The molecule has 3 amide bonds. The van der Waals surface area contributed by atoms with Gasteiger partial charge in [-0.15, -0.1) is 0 Å². The molecule has 0 bridgehead atoms. The number of carboxylic acid groups (broad SMARTS) is 1. The average molecular weight is 617 g/mol. The van der Waals surface area contributed by atoms with Crippen molar-refractivity contribution < 1.29 is 33.8 Å². The lowest BCUT2D eigenvalue weighted by Gasteiger charge is -2.29. The predicted octanol–water partition coefficient (Wildman–Crippen LogP) is 4.10. The summed E-state index contributed by atoms with van der Waals surface area (Å²) in [6.07, 6.45) is 5.74. The summed E-state index contributed by atoms with van der Waals surface area (Å²) in [7, 11) is 0. The minimum Gasteiger partial charge on any atom is -0.479 e. The SMILES string of the molecule is CC(C)(C)OC(=O)NC(C)(C)C(=O)N[C@H](COCc1ccccc1)C(=O)Nc1cn(C(C(=O)O)c2ccccc2C2=C[CH]2)cn1. The van der Waals surface area contributed by atoms with E-state index in [4.69, 9.17) is 9.47 Å². The summed E-state index contributed by atoms with van der Waals surface area (Å²) in [5.41, 5.74) is 0.961. The number of carbonyl (C=O) groups excluding carboxylic acids is 3. The van der Waals surface area contributed by atoms with E-state index in [2.05, 4.69) is 20.9 Å². The lowest BCUT2D eigenvalue weighted by Crippen LogP contribution is -2.59. The first-order valence-corrected chi connectivity index (χ1v) is 14.4. The van der Waals surface area contributed by atoms with Gasteiger partial charge in [0.15, 0.2) is 11.9 Å². The maximum Gasteiger partial charge on any atom is 0.408 e. The van der Waals surface area contributed by atoms with Crippen LogP contribution in [0.3, 0.4) is 0 Å². The number of imidazole rings is 1. The van der Waals surface area contributed by atoms with E-state index >= 15 is 0 Å². The van der Waals surface area contributed by atoms with Crippen LogP contribution < -0.4 is 16.0 Å². The van der Waals surface area contributed by atoms with Gasteiger partial charge in [0.2, 0.25) is 5.91 Å². The molecule has 0 saturated heterocycles. The number of aliphatic carboxylic acids is 1. The Morgan fingerprint density at radius 2 is 1.64 bits per heavy atom. The number of alkyl carbamates (subject to hydrolysis) is 1. The van der Waals surface area contributed by atoms with E-state index in [-0.39, 0.29) is 19.0 Å². The van der Waals surface area contributed by atoms with Crippen molar-refractivity contribution in [1.29, 1.82) is 0 Å². The molecule has 1 radical (unpaired) electrons. The number of anilines is 1. The molecular formula is C33H38N5O7. The molecule has 1 unspecified atom stereocenters. The molecule has 3 aromatic rings. The van der Waals surface area contributed by atoms with Gasteiger partial charge in [0.1, 0.15) is 17.2 Å². The van der Waals surface area contributed by atoms with Gasteiger partial charge in [-0.3, -0.25) is 9.59 Å². The van der Waals surface area contributed by atoms with E-state index in [0.29, 0.717) is 5.56 Å². The standard InChI is InChI=1S/C33H38N5O7/c1-32(2,3)45-31(43)37-33(4,5)30(42)35-25(19-44-18-21-11-7-6-8-12-21)28(39)36-26-17-38(20-34-26)27(29(40)41)24-14-10-9-13-23(24)22-15-16-22/h6-17,20,25,27H,18-19H2,1-5H3,(H,35,42)(H,36,39)(H,37,43)(H,40,41)/t25-,27?/m1/s1. The second kappa shape index (κ2) is 13.8. The fourth-order valence-corrected chi connectivity index (χ4v) is 4.40. The quantitative estimate of drug-likeness (QED) is 0.223. The third kappa shape index (κ3) is 9.26. The van der Waals surface area contributed by atoms with E-state index in [1.807, 2.05) is 55.0 Å². The number of carbonyl (C=O) groups is 4. The zero-order chi connectivity index (χ0) is 32.8. The minimum atomic E-state index is -1.45. The Hall–Kier alpha value is -4.97. The van der Waals surface area contributed by atoms with Crippen molar-refractivity contribution in [2.75, 3.05) is 11.9 Å². The first-order chi connectivity index (χ1) is 21.2. The van der Waals surface area contributed by atoms with E-state index < -0.39 is 47.1 Å². The first kappa shape index (κ1) is 32.9. The van der Waals surface area contributed by atoms with Gasteiger partial charge in [0.05, 0.1) is 19.5 Å². The Balaban J connectivity index is 1.49. The van der Waals surface area contributed by atoms with Crippen LogP contribution in [0.4, 0.5) is 10.6 Å². The summed E-state index contributed by atoms with van der Waals surface area (Å²) >= 11 is 0. The van der Waals surface area contributed by atoms with Crippen molar-refractivity contribution in [2.24, 2.45) is 0 Å². The molecule has 4 N–H and O–H groups in total. The Kier molecular flexibility index (Phi) is 10.1. The van der Waals surface area contributed by atoms with Crippen molar-refractivity contribution in [1.82, 2.24) is 20.2 Å². The van der Waals surface area contributed by atoms with Crippen LogP contribution in [-0.4, -0.2) is 62.3 Å². The van der Waals surface area contributed by atoms with Crippen LogP contribution in [0.2, 0.25) is 0 Å². The smallest absolute Gasteiger partial charge is 0.408 e. The van der Waals surface area contributed by atoms with Crippen LogP contribution in [0.25, 0.3) is 5.57 Å². The number of allylic oxidation sites excluding steroid dienone is 2. The molecule has 1 aromatic heterocycles. The van der Waals surface area contributed by atoms with Gasteiger partial charge in [0, 0.05) is 12.6 Å². The topological polar surface area (TPSA) is 161 Å². The van der Waals surface area contributed by atoms with Gasteiger partial charge in [-0.1, -0.05) is 60.7 Å². The number of nitrogens with one attached hydrogen (secondary N) is 3. The van der Waals surface area contributed by atoms with Crippen molar-refractivity contribution in [2.45, 2.75) is 64.4 Å². The first-order valence-electron chi connectivity index (χ1n) is 14.4. The largest absolute Gasteiger partial charge is 0.479 e. The van der Waals surface area contributed by atoms with Crippen molar-refractivity contribution in [3.63, 3.8) is 0 Å². The van der Waals surface area contributed by atoms with Crippen molar-refractivity contribution >= 4 is 35.3 Å². The molecule has 0 fully saturated rings. The highest BCUT2D eigenvalue weighted by atomic mass is 16.6. The van der Waals surface area contributed by atoms with Crippen LogP contribution in [-0.2, 0) is 30.5 Å². The van der Waals surface area contributed by atoms with Crippen LogP contribution in [0.1, 0.15) is 57.4 Å². The lowest BCUT2D eigenvalue weighted by molar-refractivity contribution is -0.139. The van der Waals surface area contributed by atoms with Gasteiger partial charge in [-0.25, -0.2) is 14.6 Å². The summed E-state index contributed by atoms with van der Waals surface area (Å²) in [6.45, 7) is 8.04. The van der Waals surface area contributed by atoms with E-state index in [1.54, 1.807) is 32.9 Å². The lowest BCUT2D eigenvalue weighted by atomic mass is 9.98. The molecule has 1 heterocycles. The monoisotopic (exact) mass is 616 g/mol. The Bertz CT molecular complexity index is 1570. The fourth-order valence-electron chi connectivity index (χ4n) is 4.40. The summed E-state index contributed by atoms with van der Waals surface area (Å²) in [6, 6.07) is 14.2. The third-order valence-corrected chi connectivity index (χ3v) is 6.68. The van der Waals surface area contributed by atoms with Crippen molar-refractivity contribution in [3.05, 3.63) is 96.3 Å². The third-order valence-electron chi connectivity index (χ3n) is 6.68. The van der Waals surface area contributed by atoms with Gasteiger partial charge in [-0.2, -0.15) is 0 Å². The van der Waals surface area contributed by atoms with Crippen molar-refractivity contribution in [3.8, 4) is 0 Å². The maximum absolute atomic E-state index is 13.5. The molecule has 2 atom stereocenters. The number of ether oxygens (including phenoxy) is 2. The molecule has 12 nitrogen and oxygen atoms in total. The Labute approximate surface area is 261 Å². The summed E-state index contributed by atoms with van der Waals surface area (Å²) < 4.78 is 12.4. The molecule has 2 aromatic carbocycles. The molecule has 0 spiro atoms. The molecule has 237 valence electrons. The molecule has 1 aliphatic carbocycles. The number of carboxylic acids is 1. The number of rotatable bonds is 13. The highest BCUT2D eigenvalue weighted by Gasteiger charge is 2.35. The number of benzene rings is 2. The summed E-state index contributed by atoms with van der Waals surface area (Å²) in [4.78, 5) is 55.7. The van der Waals surface area contributed by atoms with Gasteiger partial charge >= 0.3 is 12.1 Å². The van der Waals surface area contributed by atoms with Crippen LogP contribution in [0, 0.1) is 6.42 Å². The number of aromatic nitrogens is 2. The highest BCUT2D eigenvalue weighted by Crippen LogP contribution is 2.36. The maximum atomic E-state index is 13.5. The van der Waals surface area contributed by atoms with Gasteiger partial charge < -0.3 is 35.1 Å². The molecule has 0 saturated carbocycles. The number of hydrogen-bond acceptors (Lipinski definition) is 7. The minimum absolute atomic E-state index is 0.0781. The van der Waals surface area contributed by atoms with E-state index in [9.17, 15) is 24.3 Å². The predicted molar refractivity (Wildman–Crippen MR) is 167 cm³/mol. The molecule has 4 rings (SSSR count). The molecule has 0 aliphatic heterocycles. The second-order valence-electron chi connectivity index (χ2n) is 12.1. The average Bonchev–Trinajstić information content (AvgIpc) is 3.71. The fraction of sp³-hybridized carbons (Fsp3) is 0.333. The highest BCUT2D eigenvalue weighted by molar-refractivity contribution is 5.98. The van der Waals surface area contributed by atoms with Gasteiger partial charge in [-0.05, 0) is 56.9 Å². The second-order valence-corrected chi connectivity index (χ2v) is 12.1. The number of hydrogen-bond donors (Lipinski definition) is 4. The molecule has 45 heavy (non-hydrogen) atoms. The van der Waals surface area contributed by atoms with Crippen LogP contribution in [0.15, 0.2) is 73.2 Å². The zero-order valence-corrected chi connectivity index (χ0v) is 25.9. The van der Waals surface area contributed by atoms with E-state index in [0.717, 1.165) is 16.7 Å². The summed E-state index contributed by atoms with van der Waals surface area (Å²) in [5.74, 6) is -2.33. The number of amides is 3. The summed E-state index contributed by atoms with van der Waals surface area (Å²) in [5, 5.41) is 17.9. The Morgan fingerprint density at radius 3 is 2.29 bits per heavy atom. The van der Waals surface area contributed by atoms with E-state index in [1.165, 1.54) is 30.9 Å². The Morgan fingerprint density at radius 1 is 0.978 bits per heavy atom. The molecule has 1 aliphatic rings. The van der Waals surface area contributed by atoms with Crippen LogP contribution >= 0.6 is 0 Å². The van der Waals surface area contributed by atoms with Crippen LogP contribution in [0.5, 0.6) is 0 Å². The molecular weight excluding hydrogens is 578 g/mol.